The number of amides is 2. The lowest BCUT2D eigenvalue weighted by Crippen LogP contribution is -2.41. The minimum absolute atomic E-state index is 0.105. The highest BCUT2D eigenvalue weighted by atomic mass is 16.4. The number of carboxylic acids is 2. The summed E-state index contributed by atoms with van der Waals surface area (Å²) in [6.07, 6.45) is -0.676. The maximum atomic E-state index is 12.3. The first kappa shape index (κ1) is 23.4. The van der Waals surface area contributed by atoms with Crippen LogP contribution in [0.25, 0.3) is 0 Å². The van der Waals surface area contributed by atoms with E-state index in [0.717, 1.165) is 0 Å². The van der Waals surface area contributed by atoms with Gasteiger partial charge in [-0.3, -0.25) is 24.2 Å². The zero-order valence-electron chi connectivity index (χ0n) is 17.1. The molecule has 1 aliphatic rings. The largest absolute Gasteiger partial charge is 0.481 e. The van der Waals surface area contributed by atoms with Gasteiger partial charge in [-0.1, -0.05) is 12.1 Å². The lowest BCUT2D eigenvalue weighted by atomic mass is 9.90. The van der Waals surface area contributed by atoms with Crippen molar-refractivity contribution in [2.75, 3.05) is 11.1 Å². The molecule has 2 heterocycles. The SMILES string of the molecule is Nc1nc2c(c(=O)[nH]1)C(O)(CCc1ccc(C(=O)N[C@@H](CCC(=O)O)C(=O)O)cc1)C(=O)N2. The summed E-state index contributed by atoms with van der Waals surface area (Å²) in [5.74, 6) is -4.34. The molecule has 1 aromatic carbocycles. The number of carbonyl (C=O) groups is 4. The van der Waals surface area contributed by atoms with E-state index in [2.05, 4.69) is 20.6 Å². The second-order valence-electron chi connectivity index (χ2n) is 7.48. The van der Waals surface area contributed by atoms with Crippen LogP contribution >= 0.6 is 0 Å². The van der Waals surface area contributed by atoms with Gasteiger partial charge >= 0.3 is 11.9 Å². The van der Waals surface area contributed by atoms with E-state index in [0.29, 0.717) is 5.56 Å². The van der Waals surface area contributed by atoms with Crippen molar-refractivity contribution in [1.82, 2.24) is 15.3 Å². The molecule has 0 saturated carbocycles. The number of carboxylic acid groups (broad SMARTS) is 2. The average Bonchev–Trinajstić information content (AvgIpc) is 2.99. The molecule has 0 aliphatic carbocycles. The number of aromatic nitrogens is 2. The number of benzene rings is 1. The minimum atomic E-state index is -2.11. The number of hydrogen-bond donors (Lipinski definition) is 7. The highest BCUT2D eigenvalue weighted by Crippen LogP contribution is 2.35. The number of carbonyl (C=O) groups excluding carboxylic acids is 2. The van der Waals surface area contributed by atoms with Crippen LogP contribution in [0.1, 0.15) is 40.7 Å². The number of hydrogen-bond acceptors (Lipinski definition) is 8. The molecule has 13 heteroatoms. The Labute approximate surface area is 185 Å². The molecule has 3 rings (SSSR count). The molecule has 2 amide bonds. The second-order valence-corrected chi connectivity index (χ2v) is 7.48. The predicted molar refractivity (Wildman–Crippen MR) is 112 cm³/mol. The first-order valence-corrected chi connectivity index (χ1v) is 9.79. The smallest absolute Gasteiger partial charge is 0.326 e. The van der Waals surface area contributed by atoms with Gasteiger partial charge in [-0.15, -0.1) is 0 Å². The summed E-state index contributed by atoms with van der Waals surface area (Å²) < 4.78 is 0. The summed E-state index contributed by atoms with van der Waals surface area (Å²) in [4.78, 5) is 64.7. The monoisotopic (exact) mass is 459 g/mol. The van der Waals surface area contributed by atoms with E-state index < -0.39 is 47.4 Å². The van der Waals surface area contributed by atoms with Crippen LogP contribution in [0.15, 0.2) is 29.1 Å². The molecular formula is C20H21N5O8. The zero-order chi connectivity index (χ0) is 24.3. The summed E-state index contributed by atoms with van der Waals surface area (Å²) in [7, 11) is 0. The second kappa shape index (κ2) is 9.08. The van der Waals surface area contributed by atoms with Crippen LogP contribution in [0.3, 0.4) is 0 Å². The van der Waals surface area contributed by atoms with Crippen LogP contribution in [0.5, 0.6) is 0 Å². The number of H-pyrrole nitrogens is 1. The fourth-order valence-corrected chi connectivity index (χ4v) is 3.44. The van der Waals surface area contributed by atoms with Crippen molar-refractivity contribution >= 4 is 35.5 Å². The third kappa shape index (κ3) is 4.98. The number of aliphatic carboxylic acids is 2. The number of nitrogen functional groups attached to an aromatic ring is 1. The van der Waals surface area contributed by atoms with Crippen molar-refractivity contribution in [1.29, 1.82) is 0 Å². The van der Waals surface area contributed by atoms with Gasteiger partial charge in [0, 0.05) is 12.0 Å². The third-order valence-electron chi connectivity index (χ3n) is 5.20. The summed E-state index contributed by atoms with van der Waals surface area (Å²) in [6, 6.07) is 4.57. The van der Waals surface area contributed by atoms with E-state index in [1.807, 2.05) is 0 Å². The van der Waals surface area contributed by atoms with E-state index in [1.54, 1.807) is 12.1 Å². The quantitative estimate of drug-likeness (QED) is 0.246. The summed E-state index contributed by atoms with van der Waals surface area (Å²) >= 11 is 0. The number of nitrogens with one attached hydrogen (secondary N) is 3. The van der Waals surface area contributed by atoms with Gasteiger partial charge in [0.15, 0.2) is 5.60 Å². The molecule has 1 aliphatic heterocycles. The molecule has 1 unspecified atom stereocenters. The van der Waals surface area contributed by atoms with Crippen LogP contribution in [-0.2, 0) is 26.4 Å². The van der Waals surface area contributed by atoms with Gasteiger partial charge in [-0.05, 0) is 37.0 Å². The normalized spacial score (nSPS) is 17.7. The van der Waals surface area contributed by atoms with Gasteiger partial charge in [0.1, 0.15) is 17.4 Å². The van der Waals surface area contributed by atoms with Crippen molar-refractivity contribution in [2.24, 2.45) is 0 Å². The van der Waals surface area contributed by atoms with Gasteiger partial charge in [0.25, 0.3) is 17.4 Å². The number of nitrogens with two attached hydrogens (primary N) is 1. The summed E-state index contributed by atoms with van der Waals surface area (Å²) in [6.45, 7) is 0. The standard InChI is InChI=1S/C20H21N5O8/c21-19-24-14-13(16(29)25-19)20(33,18(32)23-14)8-7-9-1-3-10(4-2-9)15(28)22-11(17(30)31)5-6-12(26)27/h1-4,11,33H,5-8H2,(H,22,28)(H,26,27)(H,30,31)(H4,21,23,24,25,29,32)/t11-,20?/m0/s1. The molecule has 0 radical (unpaired) electrons. The molecule has 8 N–H and O–H groups in total. The van der Waals surface area contributed by atoms with E-state index in [9.17, 15) is 29.1 Å². The Morgan fingerprint density at radius 3 is 2.42 bits per heavy atom. The van der Waals surface area contributed by atoms with Crippen molar-refractivity contribution in [3.8, 4) is 0 Å². The first-order valence-electron chi connectivity index (χ1n) is 9.79. The minimum Gasteiger partial charge on any atom is -0.481 e. The maximum absolute atomic E-state index is 12.3. The Kier molecular flexibility index (Phi) is 6.44. The van der Waals surface area contributed by atoms with Gasteiger partial charge in [-0.2, -0.15) is 4.98 Å². The number of aryl methyl sites for hydroxylation is 1. The Hall–Kier alpha value is -4.26. The van der Waals surface area contributed by atoms with E-state index in [-0.39, 0.29) is 42.2 Å². The number of fused-ring (bicyclic) bond motifs is 1. The Bertz CT molecular complexity index is 1180. The zero-order valence-corrected chi connectivity index (χ0v) is 17.1. The van der Waals surface area contributed by atoms with Crippen molar-refractivity contribution in [3.05, 3.63) is 51.3 Å². The van der Waals surface area contributed by atoms with Gasteiger partial charge in [-0.25, -0.2) is 4.79 Å². The Balaban J connectivity index is 1.68. The fraction of sp³-hybridized carbons (Fsp3) is 0.300. The fourth-order valence-electron chi connectivity index (χ4n) is 3.44. The average molecular weight is 459 g/mol. The summed E-state index contributed by atoms with van der Waals surface area (Å²) in [5, 5.41) is 33.3. The topological polar surface area (TPSA) is 225 Å². The molecule has 33 heavy (non-hydrogen) atoms. The van der Waals surface area contributed by atoms with Gasteiger partial charge < -0.3 is 31.7 Å². The Morgan fingerprint density at radius 1 is 1.15 bits per heavy atom. The molecule has 0 saturated heterocycles. The molecule has 0 spiro atoms. The van der Waals surface area contributed by atoms with Crippen LogP contribution in [0, 0.1) is 0 Å². The number of anilines is 2. The number of aromatic amines is 1. The number of nitrogens with zero attached hydrogens (tertiary/aromatic N) is 1. The lowest BCUT2D eigenvalue weighted by Gasteiger charge is -2.19. The molecular weight excluding hydrogens is 438 g/mol. The van der Waals surface area contributed by atoms with Crippen molar-refractivity contribution < 1.29 is 34.5 Å². The van der Waals surface area contributed by atoms with Gasteiger partial charge in [0.05, 0.1) is 0 Å². The highest BCUT2D eigenvalue weighted by Gasteiger charge is 2.48. The molecule has 0 bridgehead atoms. The summed E-state index contributed by atoms with van der Waals surface area (Å²) in [5.41, 5.74) is 3.15. The van der Waals surface area contributed by atoms with E-state index in [1.165, 1.54) is 12.1 Å². The first-order chi connectivity index (χ1) is 15.5. The van der Waals surface area contributed by atoms with E-state index in [4.69, 9.17) is 15.9 Å². The molecule has 2 atom stereocenters. The van der Waals surface area contributed by atoms with Crippen LogP contribution in [-0.4, -0.2) is 55.1 Å². The number of rotatable bonds is 9. The molecule has 1 aromatic heterocycles. The highest BCUT2D eigenvalue weighted by molar-refractivity contribution is 6.03. The molecule has 0 fully saturated rings. The molecule has 174 valence electrons. The van der Waals surface area contributed by atoms with Crippen LogP contribution in [0.2, 0.25) is 0 Å². The molecule has 2 aromatic rings. The molecule has 13 nitrogen and oxygen atoms in total. The van der Waals surface area contributed by atoms with Crippen LogP contribution in [0.4, 0.5) is 11.8 Å². The van der Waals surface area contributed by atoms with Crippen LogP contribution < -0.4 is 21.9 Å². The predicted octanol–water partition coefficient (Wildman–Crippen LogP) is -0.828. The Morgan fingerprint density at radius 2 is 1.82 bits per heavy atom. The number of aliphatic hydroxyl groups is 1. The lowest BCUT2D eigenvalue weighted by molar-refractivity contribution is -0.140. The van der Waals surface area contributed by atoms with Crippen molar-refractivity contribution in [3.63, 3.8) is 0 Å². The van der Waals surface area contributed by atoms with Crippen molar-refractivity contribution in [2.45, 2.75) is 37.3 Å². The van der Waals surface area contributed by atoms with Gasteiger partial charge in [0.2, 0.25) is 5.95 Å². The van der Waals surface area contributed by atoms with E-state index >= 15 is 0 Å². The third-order valence-corrected chi connectivity index (χ3v) is 5.20. The maximum Gasteiger partial charge on any atom is 0.326 e.